The molecular formula is C12H11NO9. The van der Waals surface area contributed by atoms with Crippen LogP contribution in [-0.4, -0.2) is 43.9 Å². The van der Waals surface area contributed by atoms with Crippen molar-refractivity contribution in [3.8, 4) is 0 Å². The first-order valence-electron chi connectivity index (χ1n) is 5.60. The van der Waals surface area contributed by atoms with Gasteiger partial charge in [0.15, 0.2) is 0 Å². The molecule has 0 fully saturated rings. The summed E-state index contributed by atoms with van der Waals surface area (Å²) in [6.45, 7) is 0. The van der Waals surface area contributed by atoms with E-state index < -0.39 is 41.5 Å². The Hall–Kier alpha value is -3.30. The predicted octanol–water partition coefficient (Wildman–Crippen LogP) is 0.798. The number of aliphatic carboxylic acids is 2. The van der Waals surface area contributed by atoms with E-state index in [-0.39, 0.29) is 11.3 Å². The lowest BCUT2D eigenvalue weighted by Gasteiger charge is -1.92. The smallest absolute Gasteiger partial charge is 0.372 e. The number of hydrogen-bond donors (Lipinski definition) is 3. The summed E-state index contributed by atoms with van der Waals surface area (Å²) in [4.78, 5) is 49.6. The first-order valence-corrected chi connectivity index (χ1v) is 5.60. The Kier molecular flexibility index (Phi) is 7.47. The number of aromatic carboxylic acids is 1. The molecule has 0 radical (unpaired) electrons. The Labute approximate surface area is 122 Å². The molecule has 0 spiro atoms. The second-order valence-electron chi connectivity index (χ2n) is 3.73. The van der Waals surface area contributed by atoms with E-state index in [2.05, 4.69) is 0 Å². The molecule has 10 nitrogen and oxygen atoms in total. The van der Waals surface area contributed by atoms with Gasteiger partial charge in [0, 0.05) is 18.6 Å². The molecule has 10 heteroatoms. The number of nitrogens with zero attached hydrogens (tertiary/aromatic N) is 1. The maximum atomic E-state index is 10.3. The minimum atomic E-state index is -1.58. The quantitative estimate of drug-likeness (QED) is 0.390. The zero-order chi connectivity index (χ0) is 17.3. The van der Waals surface area contributed by atoms with Crippen LogP contribution in [0.2, 0.25) is 0 Å². The summed E-state index contributed by atoms with van der Waals surface area (Å²) in [5.74, 6) is -4.91. The van der Waals surface area contributed by atoms with E-state index in [4.69, 9.17) is 15.3 Å². The molecule has 0 heterocycles. The van der Waals surface area contributed by atoms with E-state index in [0.717, 1.165) is 12.1 Å². The Morgan fingerprint density at radius 3 is 1.77 bits per heavy atom. The van der Waals surface area contributed by atoms with Crippen LogP contribution in [-0.2, 0) is 14.4 Å². The lowest BCUT2D eigenvalue weighted by molar-refractivity contribution is -0.384. The van der Waals surface area contributed by atoms with Crippen molar-refractivity contribution < 1.29 is 39.4 Å². The molecule has 1 rings (SSSR count). The van der Waals surface area contributed by atoms with Crippen molar-refractivity contribution in [2.45, 2.75) is 12.8 Å². The molecule has 0 saturated heterocycles. The summed E-state index contributed by atoms with van der Waals surface area (Å²) in [6, 6.07) is 4.70. The Morgan fingerprint density at radius 1 is 0.955 bits per heavy atom. The largest absolute Gasteiger partial charge is 0.481 e. The summed E-state index contributed by atoms with van der Waals surface area (Å²) < 4.78 is 0. The van der Waals surface area contributed by atoms with E-state index in [0.29, 0.717) is 0 Å². The second-order valence-corrected chi connectivity index (χ2v) is 3.73. The highest BCUT2D eigenvalue weighted by Gasteiger charge is 2.12. The average Bonchev–Trinajstić information content (AvgIpc) is 2.45. The maximum absolute atomic E-state index is 10.3. The van der Waals surface area contributed by atoms with Gasteiger partial charge in [0.2, 0.25) is 5.78 Å². The van der Waals surface area contributed by atoms with Crippen molar-refractivity contribution >= 4 is 29.4 Å². The molecule has 0 aliphatic carbocycles. The molecule has 0 aliphatic rings. The molecule has 1 aromatic carbocycles. The van der Waals surface area contributed by atoms with Crippen molar-refractivity contribution in [3.63, 3.8) is 0 Å². The number of hydrogen-bond acceptors (Lipinski definition) is 6. The van der Waals surface area contributed by atoms with Gasteiger partial charge in [0.25, 0.3) is 5.69 Å². The standard InChI is InChI=1S/C7H5NO4.C5H6O5/c9-7(10)5-1-3-6(4-2-5)8(11)12;6-3(5(9)10)1-2-4(7)8/h1-4H,(H,9,10);1-2H2,(H,7,8)(H,9,10). The molecule has 0 unspecified atom stereocenters. The number of Topliss-reactive ketones (excluding diaryl/α,β-unsaturated/α-hetero) is 1. The van der Waals surface area contributed by atoms with Gasteiger partial charge in [-0.2, -0.15) is 0 Å². The molecule has 0 amide bonds. The molecule has 0 saturated carbocycles. The van der Waals surface area contributed by atoms with Crippen molar-refractivity contribution in [1.82, 2.24) is 0 Å². The number of nitro benzene ring substituents is 1. The predicted molar refractivity (Wildman–Crippen MR) is 69.6 cm³/mol. The minimum absolute atomic E-state index is 0.0422. The van der Waals surface area contributed by atoms with Crippen molar-refractivity contribution in [2.75, 3.05) is 0 Å². The van der Waals surface area contributed by atoms with Gasteiger partial charge in [0.05, 0.1) is 16.9 Å². The molecule has 0 bridgehead atoms. The summed E-state index contributed by atoms with van der Waals surface area (Å²) in [5, 5.41) is 34.5. The van der Waals surface area contributed by atoms with Gasteiger partial charge in [-0.05, 0) is 12.1 Å². The number of benzene rings is 1. The lowest BCUT2D eigenvalue weighted by atomic mass is 10.2. The highest BCUT2D eigenvalue weighted by Crippen LogP contribution is 2.11. The second kappa shape index (κ2) is 8.79. The van der Waals surface area contributed by atoms with Gasteiger partial charge in [0.1, 0.15) is 0 Å². The van der Waals surface area contributed by atoms with Crippen LogP contribution in [0, 0.1) is 10.1 Å². The third-order valence-electron chi connectivity index (χ3n) is 2.13. The van der Waals surface area contributed by atoms with Gasteiger partial charge in [-0.3, -0.25) is 19.7 Å². The molecular weight excluding hydrogens is 302 g/mol. The lowest BCUT2D eigenvalue weighted by Crippen LogP contribution is -2.13. The first-order chi connectivity index (χ1) is 10.1. The molecule has 0 aromatic heterocycles. The van der Waals surface area contributed by atoms with Crippen LogP contribution >= 0.6 is 0 Å². The highest BCUT2D eigenvalue weighted by atomic mass is 16.6. The van der Waals surface area contributed by atoms with E-state index in [1.165, 1.54) is 12.1 Å². The topological polar surface area (TPSA) is 172 Å². The van der Waals surface area contributed by atoms with Gasteiger partial charge in [-0.1, -0.05) is 0 Å². The van der Waals surface area contributed by atoms with Gasteiger partial charge in [-0.15, -0.1) is 0 Å². The average molecular weight is 313 g/mol. The van der Waals surface area contributed by atoms with Gasteiger partial charge in [-0.25, -0.2) is 9.59 Å². The van der Waals surface area contributed by atoms with Crippen LogP contribution in [0.25, 0.3) is 0 Å². The van der Waals surface area contributed by atoms with E-state index in [1.807, 2.05) is 0 Å². The number of carboxylic acid groups (broad SMARTS) is 3. The van der Waals surface area contributed by atoms with Crippen LogP contribution in [0.4, 0.5) is 5.69 Å². The number of carboxylic acids is 3. The zero-order valence-electron chi connectivity index (χ0n) is 11.0. The van der Waals surface area contributed by atoms with Crippen molar-refractivity contribution in [3.05, 3.63) is 39.9 Å². The van der Waals surface area contributed by atoms with Crippen molar-refractivity contribution in [1.29, 1.82) is 0 Å². The fourth-order valence-corrected chi connectivity index (χ4v) is 1.05. The molecule has 0 aliphatic heterocycles. The minimum Gasteiger partial charge on any atom is -0.481 e. The summed E-state index contributed by atoms with van der Waals surface area (Å²) >= 11 is 0. The van der Waals surface area contributed by atoms with Crippen LogP contribution in [0.3, 0.4) is 0 Å². The Bertz CT molecular complexity index is 558. The highest BCUT2D eigenvalue weighted by molar-refractivity contribution is 6.32. The summed E-state index contributed by atoms with van der Waals surface area (Å²) in [7, 11) is 0. The SMILES string of the molecule is O=C(O)CCC(=O)C(=O)O.O=C(O)c1ccc([N+](=O)[O-])cc1. The molecule has 0 atom stereocenters. The van der Waals surface area contributed by atoms with Crippen LogP contribution < -0.4 is 0 Å². The van der Waals surface area contributed by atoms with Crippen molar-refractivity contribution in [2.24, 2.45) is 0 Å². The molecule has 3 N–H and O–H groups in total. The summed E-state index contributed by atoms with van der Waals surface area (Å²) in [6.07, 6.45) is -0.865. The van der Waals surface area contributed by atoms with E-state index >= 15 is 0 Å². The molecule has 1 aromatic rings. The van der Waals surface area contributed by atoms with Crippen LogP contribution in [0.5, 0.6) is 0 Å². The molecule has 118 valence electrons. The number of non-ortho nitro benzene ring substituents is 1. The normalized spacial score (nSPS) is 9.09. The number of carbonyl (C=O) groups is 4. The summed E-state index contributed by atoms with van der Waals surface area (Å²) in [5.41, 5.74) is -0.0689. The van der Waals surface area contributed by atoms with Gasteiger partial charge >= 0.3 is 17.9 Å². The Morgan fingerprint density at radius 2 is 1.45 bits per heavy atom. The number of rotatable bonds is 6. The van der Waals surface area contributed by atoms with Crippen LogP contribution in [0.15, 0.2) is 24.3 Å². The fourth-order valence-electron chi connectivity index (χ4n) is 1.05. The zero-order valence-corrected chi connectivity index (χ0v) is 11.0. The van der Waals surface area contributed by atoms with Gasteiger partial charge < -0.3 is 15.3 Å². The number of ketones is 1. The number of nitro groups is 1. The number of carbonyl (C=O) groups excluding carboxylic acids is 1. The van der Waals surface area contributed by atoms with Crippen LogP contribution in [0.1, 0.15) is 23.2 Å². The third-order valence-corrected chi connectivity index (χ3v) is 2.13. The Balaban J connectivity index is 0.000000409. The first kappa shape index (κ1) is 18.7. The monoisotopic (exact) mass is 313 g/mol. The van der Waals surface area contributed by atoms with E-state index in [9.17, 15) is 29.3 Å². The fraction of sp³-hybridized carbons (Fsp3) is 0.167. The third kappa shape index (κ3) is 7.33. The molecule has 22 heavy (non-hydrogen) atoms. The maximum Gasteiger partial charge on any atom is 0.372 e. The van der Waals surface area contributed by atoms with E-state index in [1.54, 1.807) is 0 Å².